The van der Waals surface area contributed by atoms with Crippen LogP contribution in [0.1, 0.15) is 28.3 Å². The van der Waals surface area contributed by atoms with E-state index in [-0.39, 0.29) is 23.8 Å². The fourth-order valence-corrected chi connectivity index (χ4v) is 2.00. The van der Waals surface area contributed by atoms with Crippen LogP contribution in [0.4, 0.5) is 13.2 Å². The molecule has 0 fully saturated rings. The molecule has 0 bridgehead atoms. The van der Waals surface area contributed by atoms with E-state index in [2.05, 4.69) is 20.6 Å². The molecule has 10 heteroatoms. The van der Waals surface area contributed by atoms with Gasteiger partial charge in [-0.3, -0.25) is 14.6 Å². The fraction of sp³-hybridized carbons (Fsp3) is 0.417. The number of aryl methyl sites for hydroxylation is 2. The molecule has 0 aliphatic heterocycles. The molecule has 0 saturated carbocycles. The maximum absolute atomic E-state index is 12.5. The van der Waals surface area contributed by atoms with E-state index < -0.39 is 17.8 Å². The van der Waals surface area contributed by atoms with Gasteiger partial charge in [0, 0.05) is 18.8 Å². The molecule has 0 saturated heterocycles. The predicted octanol–water partition coefficient (Wildman–Crippen LogP) is 2.41. The number of H-pyrrole nitrogens is 1. The number of carbonyl (C=O) groups is 1. The predicted molar refractivity (Wildman–Crippen MR) is 72.5 cm³/mol. The van der Waals surface area contributed by atoms with Crippen LogP contribution in [0.3, 0.4) is 0 Å². The first-order chi connectivity index (χ1) is 10.3. The second-order valence-electron chi connectivity index (χ2n) is 4.59. The number of aromatic amines is 1. The molecule has 2 rings (SSSR count). The van der Waals surface area contributed by atoms with Crippen molar-refractivity contribution in [2.45, 2.75) is 26.1 Å². The molecule has 1 amide bonds. The average Bonchev–Trinajstić information content (AvgIpc) is 3.00. The maximum atomic E-state index is 12.5. The highest BCUT2D eigenvalue weighted by atomic mass is 35.5. The van der Waals surface area contributed by atoms with Gasteiger partial charge in [-0.1, -0.05) is 11.6 Å². The Morgan fingerprint density at radius 3 is 2.77 bits per heavy atom. The van der Waals surface area contributed by atoms with Gasteiger partial charge in [-0.25, -0.2) is 0 Å². The van der Waals surface area contributed by atoms with Crippen molar-refractivity contribution >= 4 is 17.5 Å². The van der Waals surface area contributed by atoms with Gasteiger partial charge in [0.25, 0.3) is 5.91 Å². The Hall–Kier alpha value is -2.03. The number of halogens is 4. The van der Waals surface area contributed by atoms with Gasteiger partial charge in [-0.15, -0.1) is 0 Å². The van der Waals surface area contributed by atoms with Crippen molar-refractivity contribution in [2.75, 3.05) is 6.54 Å². The van der Waals surface area contributed by atoms with Crippen LogP contribution in [0, 0.1) is 6.92 Å². The van der Waals surface area contributed by atoms with Gasteiger partial charge in [0.1, 0.15) is 5.69 Å². The summed E-state index contributed by atoms with van der Waals surface area (Å²) in [5.41, 5.74) is -0.357. The molecule has 0 unspecified atom stereocenters. The molecule has 0 aromatic carbocycles. The number of nitrogens with zero attached hydrogens (tertiary/aromatic N) is 3. The van der Waals surface area contributed by atoms with E-state index >= 15 is 0 Å². The third kappa shape index (κ3) is 3.79. The SMILES string of the molecule is Cc1cc(C(F)(F)F)nn1CCCNC(=O)c1[nH]ncc1Cl. The second-order valence-corrected chi connectivity index (χ2v) is 5.00. The molecule has 2 heterocycles. The van der Waals surface area contributed by atoms with Gasteiger partial charge in [-0.05, 0) is 19.4 Å². The molecule has 22 heavy (non-hydrogen) atoms. The lowest BCUT2D eigenvalue weighted by Gasteiger charge is -2.06. The minimum absolute atomic E-state index is 0.149. The van der Waals surface area contributed by atoms with Crippen LogP contribution in [0.25, 0.3) is 0 Å². The number of rotatable bonds is 5. The summed E-state index contributed by atoms with van der Waals surface area (Å²) in [5.74, 6) is -0.421. The van der Waals surface area contributed by atoms with Gasteiger partial charge in [-0.2, -0.15) is 23.4 Å². The zero-order valence-corrected chi connectivity index (χ0v) is 12.3. The lowest BCUT2D eigenvalue weighted by atomic mass is 10.3. The maximum Gasteiger partial charge on any atom is 0.435 e. The summed E-state index contributed by atoms with van der Waals surface area (Å²) in [4.78, 5) is 11.7. The summed E-state index contributed by atoms with van der Waals surface area (Å²) in [6.45, 7) is 2.08. The van der Waals surface area contributed by atoms with Crippen molar-refractivity contribution in [3.8, 4) is 0 Å². The zero-order chi connectivity index (χ0) is 16.3. The Kier molecular flexibility index (Phi) is 4.74. The molecule has 6 nitrogen and oxygen atoms in total. The highest BCUT2D eigenvalue weighted by molar-refractivity contribution is 6.33. The smallest absolute Gasteiger partial charge is 0.351 e. The van der Waals surface area contributed by atoms with Crippen LogP contribution in [-0.4, -0.2) is 32.4 Å². The number of carbonyl (C=O) groups excluding carboxylic acids is 1. The quantitative estimate of drug-likeness (QED) is 0.824. The highest BCUT2D eigenvalue weighted by Gasteiger charge is 2.34. The van der Waals surface area contributed by atoms with E-state index in [1.807, 2.05) is 0 Å². The van der Waals surface area contributed by atoms with Gasteiger partial charge in [0.05, 0.1) is 11.2 Å². The van der Waals surface area contributed by atoms with Gasteiger partial charge in [0.15, 0.2) is 5.69 Å². The number of alkyl halides is 3. The molecule has 2 aromatic heterocycles. The lowest BCUT2D eigenvalue weighted by Crippen LogP contribution is -2.26. The van der Waals surface area contributed by atoms with E-state index in [0.29, 0.717) is 12.1 Å². The number of hydrogen-bond donors (Lipinski definition) is 2. The van der Waals surface area contributed by atoms with Gasteiger partial charge < -0.3 is 5.32 Å². The number of nitrogens with one attached hydrogen (secondary N) is 2. The molecule has 0 spiro atoms. The summed E-state index contributed by atoms with van der Waals surface area (Å²) < 4.78 is 38.8. The average molecular weight is 336 g/mol. The Labute approximate surface area is 128 Å². The first kappa shape index (κ1) is 16.3. The second kappa shape index (κ2) is 6.39. The normalized spacial score (nSPS) is 11.7. The van der Waals surface area contributed by atoms with Crippen LogP contribution >= 0.6 is 11.6 Å². The first-order valence-electron chi connectivity index (χ1n) is 6.37. The summed E-state index contributed by atoms with van der Waals surface area (Å²) >= 11 is 5.73. The van der Waals surface area contributed by atoms with E-state index in [9.17, 15) is 18.0 Å². The van der Waals surface area contributed by atoms with Crippen LogP contribution in [0.15, 0.2) is 12.3 Å². The van der Waals surface area contributed by atoms with E-state index in [1.165, 1.54) is 10.9 Å². The monoisotopic (exact) mass is 335 g/mol. The number of amides is 1. The minimum atomic E-state index is -4.46. The van der Waals surface area contributed by atoms with Crippen molar-refractivity contribution in [3.63, 3.8) is 0 Å². The topological polar surface area (TPSA) is 75.6 Å². The molecule has 2 N–H and O–H groups in total. The van der Waals surface area contributed by atoms with Gasteiger partial charge >= 0.3 is 6.18 Å². The molecule has 0 atom stereocenters. The zero-order valence-electron chi connectivity index (χ0n) is 11.5. The largest absolute Gasteiger partial charge is 0.435 e. The molecule has 2 aromatic rings. The van der Waals surface area contributed by atoms with Crippen LogP contribution in [0.5, 0.6) is 0 Å². The van der Waals surface area contributed by atoms with Crippen LogP contribution in [0.2, 0.25) is 5.02 Å². The van der Waals surface area contributed by atoms with Crippen molar-refractivity contribution in [1.29, 1.82) is 0 Å². The molecular formula is C12H13ClF3N5O. The standard InChI is InChI=1S/C12H13ClF3N5O/c1-7-5-9(12(14,15)16)20-21(7)4-2-3-17-11(22)10-8(13)6-18-19-10/h5-6H,2-4H2,1H3,(H,17,22)(H,18,19). The van der Waals surface area contributed by atoms with Crippen molar-refractivity contribution < 1.29 is 18.0 Å². The molecule has 120 valence electrons. The molecule has 0 radical (unpaired) electrons. The Balaban J connectivity index is 1.83. The van der Waals surface area contributed by atoms with E-state index in [1.54, 1.807) is 6.92 Å². The third-order valence-corrected chi connectivity index (χ3v) is 3.21. The summed E-state index contributed by atoms with van der Waals surface area (Å²) in [7, 11) is 0. The number of aromatic nitrogens is 4. The summed E-state index contributed by atoms with van der Waals surface area (Å²) in [5, 5.41) is 12.4. The van der Waals surface area contributed by atoms with E-state index in [4.69, 9.17) is 11.6 Å². The number of hydrogen-bond acceptors (Lipinski definition) is 3. The van der Waals surface area contributed by atoms with Gasteiger partial charge in [0.2, 0.25) is 0 Å². The van der Waals surface area contributed by atoms with Crippen LogP contribution < -0.4 is 5.32 Å². The molecular weight excluding hydrogens is 323 g/mol. The fourth-order valence-electron chi connectivity index (χ4n) is 1.82. The first-order valence-corrected chi connectivity index (χ1v) is 6.75. The molecule has 0 aliphatic rings. The van der Waals surface area contributed by atoms with Crippen molar-refractivity contribution in [1.82, 2.24) is 25.3 Å². The minimum Gasteiger partial charge on any atom is -0.351 e. The summed E-state index contributed by atoms with van der Waals surface area (Å²) in [6, 6.07) is 0.989. The molecule has 0 aliphatic carbocycles. The van der Waals surface area contributed by atoms with Crippen molar-refractivity contribution in [3.05, 3.63) is 34.4 Å². The lowest BCUT2D eigenvalue weighted by molar-refractivity contribution is -0.141. The van der Waals surface area contributed by atoms with Crippen molar-refractivity contribution in [2.24, 2.45) is 0 Å². The summed E-state index contributed by atoms with van der Waals surface area (Å²) in [6.07, 6.45) is -2.72. The Morgan fingerprint density at radius 1 is 1.50 bits per heavy atom. The van der Waals surface area contributed by atoms with Crippen LogP contribution in [-0.2, 0) is 12.7 Å². The Morgan fingerprint density at radius 2 is 2.23 bits per heavy atom. The third-order valence-electron chi connectivity index (χ3n) is 2.92. The Bertz CT molecular complexity index is 664. The highest BCUT2D eigenvalue weighted by Crippen LogP contribution is 2.28. The van der Waals surface area contributed by atoms with E-state index in [0.717, 1.165) is 6.07 Å².